The molecule has 21 heavy (non-hydrogen) atoms. The Morgan fingerprint density at radius 1 is 0.952 bits per heavy atom. The number of fused-ring (bicyclic) bond motifs is 1. The predicted octanol–water partition coefficient (Wildman–Crippen LogP) is -0.122. The van der Waals surface area contributed by atoms with Gasteiger partial charge < -0.3 is 17.5 Å². The average Bonchev–Trinajstić information content (AvgIpc) is 2.48. The van der Waals surface area contributed by atoms with Gasteiger partial charge in [-0.3, -0.25) is 0 Å². The van der Waals surface area contributed by atoms with Crippen molar-refractivity contribution >= 4 is 16.7 Å². The minimum Gasteiger partial charge on any atom is -1.00 e. The van der Waals surface area contributed by atoms with Crippen LogP contribution in [0.5, 0.6) is 0 Å². The second kappa shape index (κ2) is 6.37. The van der Waals surface area contributed by atoms with Crippen LogP contribution in [0.1, 0.15) is 15.9 Å². The molecule has 0 aliphatic rings. The summed E-state index contributed by atoms with van der Waals surface area (Å²) in [6, 6.07) is 17.7. The molecule has 0 spiro atoms. The fourth-order valence-corrected chi connectivity index (χ4v) is 2.33. The lowest BCUT2D eigenvalue weighted by atomic mass is 10.0. The molecule has 4 heteroatoms. The number of halogens is 1. The summed E-state index contributed by atoms with van der Waals surface area (Å²) in [6.07, 6.45) is 3.59. The molecule has 0 aliphatic heterocycles. The van der Waals surface area contributed by atoms with E-state index in [9.17, 15) is 4.79 Å². The minimum absolute atomic E-state index is 0. The van der Waals surface area contributed by atoms with Crippen LogP contribution in [-0.4, -0.2) is 11.1 Å². The molecule has 2 aromatic carbocycles. The number of hydrogen-bond acceptors (Lipinski definition) is 1. The van der Waals surface area contributed by atoms with E-state index in [0.29, 0.717) is 5.56 Å². The van der Waals surface area contributed by atoms with Crippen LogP contribution in [0.3, 0.4) is 0 Å². The molecule has 0 radical (unpaired) electrons. The van der Waals surface area contributed by atoms with Gasteiger partial charge in [-0.1, -0.05) is 42.5 Å². The molecular weight excluding hydrogens is 286 g/mol. The van der Waals surface area contributed by atoms with E-state index < -0.39 is 5.97 Å². The van der Waals surface area contributed by atoms with Crippen molar-refractivity contribution in [2.45, 2.75) is 6.54 Å². The van der Waals surface area contributed by atoms with Crippen molar-refractivity contribution in [2.75, 3.05) is 0 Å². The average molecular weight is 300 g/mol. The first kappa shape index (κ1) is 15.0. The first-order valence-electron chi connectivity index (χ1n) is 6.43. The van der Waals surface area contributed by atoms with E-state index in [1.54, 1.807) is 24.5 Å². The third-order valence-electron chi connectivity index (χ3n) is 3.37. The maximum absolute atomic E-state index is 10.8. The van der Waals surface area contributed by atoms with Gasteiger partial charge in [0.25, 0.3) is 0 Å². The van der Waals surface area contributed by atoms with Crippen molar-refractivity contribution in [3.63, 3.8) is 0 Å². The summed E-state index contributed by atoms with van der Waals surface area (Å²) in [7, 11) is 0. The van der Waals surface area contributed by atoms with Crippen LogP contribution in [0.2, 0.25) is 0 Å². The van der Waals surface area contributed by atoms with Crippen LogP contribution in [0.4, 0.5) is 0 Å². The molecule has 1 aromatic heterocycles. The smallest absolute Gasteiger partial charge is 0.336 e. The van der Waals surface area contributed by atoms with Gasteiger partial charge in [-0.05, 0) is 10.8 Å². The van der Waals surface area contributed by atoms with Gasteiger partial charge in [-0.2, -0.15) is 0 Å². The van der Waals surface area contributed by atoms with E-state index in [4.69, 9.17) is 5.11 Å². The summed E-state index contributed by atoms with van der Waals surface area (Å²) in [5.41, 5.74) is 1.52. The van der Waals surface area contributed by atoms with E-state index in [-0.39, 0.29) is 12.4 Å². The molecular formula is C17H14ClNO2. The standard InChI is InChI=1S/C17H13NO2.ClH/c19-17(20)14-8-10-18(11-9-14)12-15-6-3-5-13-4-1-2-7-16(13)15;/h1-11H,12H2;1H. The van der Waals surface area contributed by atoms with Crippen LogP contribution in [0.25, 0.3) is 10.8 Å². The second-order valence-electron chi connectivity index (χ2n) is 4.70. The van der Waals surface area contributed by atoms with Gasteiger partial charge >= 0.3 is 5.97 Å². The van der Waals surface area contributed by atoms with Crippen molar-refractivity contribution in [1.29, 1.82) is 0 Å². The van der Waals surface area contributed by atoms with Crippen LogP contribution in [0.15, 0.2) is 67.0 Å². The Bertz CT molecular complexity index is 764. The largest absolute Gasteiger partial charge is 1.00 e. The molecule has 1 N–H and O–H groups in total. The van der Waals surface area contributed by atoms with E-state index in [1.165, 1.54) is 16.3 Å². The number of rotatable bonds is 3. The highest BCUT2D eigenvalue weighted by molar-refractivity contribution is 5.87. The zero-order valence-electron chi connectivity index (χ0n) is 11.2. The third kappa shape index (κ3) is 3.20. The van der Waals surface area contributed by atoms with E-state index in [1.807, 2.05) is 22.8 Å². The van der Waals surface area contributed by atoms with Gasteiger partial charge in [0.15, 0.2) is 18.9 Å². The molecule has 0 saturated heterocycles. The Morgan fingerprint density at radius 3 is 2.33 bits per heavy atom. The summed E-state index contributed by atoms with van der Waals surface area (Å²) >= 11 is 0. The molecule has 3 aromatic rings. The number of carbonyl (C=O) groups is 1. The predicted molar refractivity (Wildman–Crippen MR) is 76.6 cm³/mol. The highest BCUT2D eigenvalue weighted by Gasteiger charge is 2.08. The van der Waals surface area contributed by atoms with E-state index in [0.717, 1.165) is 6.54 Å². The monoisotopic (exact) mass is 299 g/mol. The number of hydrogen-bond donors (Lipinski definition) is 1. The summed E-state index contributed by atoms with van der Waals surface area (Å²) in [6.45, 7) is 0.723. The van der Waals surface area contributed by atoms with Crippen molar-refractivity contribution in [2.24, 2.45) is 0 Å². The number of benzene rings is 2. The summed E-state index contributed by atoms with van der Waals surface area (Å²) in [5.74, 6) is -0.901. The lowest BCUT2D eigenvalue weighted by molar-refractivity contribution is -0.688. The minimum atomic E-state index is -0.901. The normalized spacial score (nSPS) is 10.1. The maximum atomic E-state index is 10.8. The SMILES string of the molecule is O=C(O)c1cc[n+](Cc2cccc3ccccc23)cc1.[Cl-]. The molecule has 0 aliphatic carbocycles. The van der Waals surface area contributed by atoms with Crippen LogP contribution >= 0.6 is 0 Å². The maximum Gasteiger partial charge on any atom is 0.336 e. The highest BCUT2D eigenvalue weighted by atomic mass is 35.5. The zero-order valence-corrected chi connectivity index (χ0v) is 12.0. The Labute approximate surface area is 128 Å². The molecule has 3 rings (SSSR count). The number of pyridine rings is 1. The first-order valence-corrected chi connectivity index (χ1v) is 6.43. The van der Waals surface area contributed by atoms with Crippen molar-refractivity contribution in [3.8, 4) is 0 Å². The quantitative estimate of drug-likeness (QED) is 0.685. The van der Waals surface area contributed by atoms with Crippen molar-refractivity contribution in [1.82, 2.24) is 0 Å². The molecule has 0 saturated carbocycles. The number of carboxylic acids is 1. The van der Waals surface area contributed by atoms with Gasteiger partial charge in [0.1, 0.15) is 0 Å². The molecule has 0 bridgehead atoms. The highest BCUT2D eigenvalue weighted by Crippen LogP contribution is 2.18. The topological polar surface area (TPSA) is 41.2 Å². The lowest BCUT2D eigenvalue weighted by Gasteiger charge is -2.03. The first-order chi connectivity index (χ1) is 9.74. The molecule has 0 atom stereocenters. The van der Waals surface area contributed by atoms with Gasteiger partial charge in [0, 0.05) is 17.7 Å². The summed E-state index contributed by atoms with van der Waals surface area (Å²) in [5, 5.41) is 11.3. The number of nitrogens with zero attached hydrogens (tertiary/aromatic N) is 1. The Balaban J connectivity index is 0.00000161. The van der Waals surface area contributed by atoms with Gasteiger partial charge in [-0.15, -0.1) is 0 Å². The molecule has 3 nitrogen and oxygen atoms in total. The molecule has 106 valence electrons. The summed E-state index contributed by atoms with van der Waals surface area (Å²) in [4.78, 5) is 10.8. The number of aromatic nitrogens is 1. The zero-order chi connectivity index (χ0) is 13.9. The van der Waals surface area contributed by atoms with E-state index >= 15 is 0 Å². The van der Waals surface area contributed by atoms with Crippen LogP contribution < -0.4 is 17.0 Å². The number of aromatic carboxylic acids is 1. The third-order valence-corrected chi connectivity index (χ3v) is 3.37. The fourth-order valence-electron chi connectivity index (χ4n) is 2.33. The van der Waals surface area contributed by atoms with Gasteiger partial charge in [0.2, 0.25) is 0 Å². The Morgan fingerprint density at radius 2 is 1.62 bits per heavy atom. The van der Waals surface area contributed by atoms with Crippen molar-refractivity contribution < 1.29 is 26.9 Å². The summed E-state index contributed by atoms with van der Waals surface area (Å²) < 4.78 is 1.98. The van der Waals surface area contributed by atoms with Crippen LogP contribution in [0, 0.1) is 0 Å². The van der Waals surface area contributed by atoms with Gasteiger partial charge in [0.05, 0.1) is 5.56 Å². The fraction of sp³-hybridized carbons (Fsp3) is 0.0588. The Kier molecular flexibility index (Phi) is 4.55. The lowest BCUT2D eigenvalue weighted by Crippen LogP contribution is -3.00. The number of carboxylic acid groups (broad SMARTS) is 1. The van der Waals surface area contributed by atoms with Crippen molar-refractivity contribution in [3.05, 3.63) is 78.1 Å². The van der Waals surface area contributed by atoms with Crippen LogP contribution in [-0.2, 0) is 6.54 Å². The molecule has 0 unspecified atom stereocenters. The second-order valence-corrected chi connectivity index (χ2v) is 4.70. The molecule has 0 amide bonds. The Hall–Kier alpha value is -2.39. The van der Waals surface area contributed by atoms with Gasteiger partial charge in [-0.25, -0.2) is 9.36 Å². The molecule has 0 fully saturated rings. The van der Waals surface area contributed by atoms with E-state index in [2.05, 4.69) is 24.3 Å². The molecule has 1 heterocycles.